The highest BCUT2D eigenvalue weighted by atomic mass is 31.2. The smallest absolute Gasteiger partial charge is 0.324 e. The van der Waals surface area contributed by atoms with Crippen molar-refractivity contribution in [3.63, 3.8) is 0 Å². The Morgan fingerprint density at radius 1 is 1.27 bits per heavy atom. The molecule has 5 heteroatoms. The molecule has 0 radical (unpaired) electrons. The summed E-state index contributed by atoms with van der Waals surface area (Å²) in [7, 11) is -3.78. The standard InChI is InChI=1S/C6H15O3P.Al.3H/c1-5(2)6(3)4-10(7,8)9;;;;/h5-6H,4H2,1-3H3,(H2,7,8,9);;;;. The zero-order valence-corrected chi connectivity index (χ0v) is 7.51. The van der Waals surface area contributed by atoms with E-state index in [2.05, 4.69) is 0 Å². The number of rotatable bonds is 3. The van der Waals surface area contributed by atoms with Gasteiger partial charge in [0, 0.05) is 0 Å². The molecular weight excluding hydrogens is 178 g/mol. The van der Waals surface area contributed by atoms with Crippen molar-refractivity contribution in [2.75, 3.05) is 6.16 Å². The maximum Gasteiger partial charge on any atom is 0.325 e. The summed E-state index contributed by atoms with van der Waals surface area (Å²) in [5.74, 6) is 0.438. The molecule has 1 unspecified atom stereocenters. The molecule has 0 aliphatic rings. The summed E-state index contributed by atoms with van der Waals surface area (Å²) < 4.78 is 10.4. The zero-order chi connectivity index (χ0) is 8.36. The average molecular weight is 196 g/mol. The lowest BCUT2D eigenvalue weighted by molar-refractivity contribution is 0.348. The Balaban J connectivity index is 0. The first-order chi connectivity index (χ1) is 4.33. The van der Waals surface area contributed by atoms with Crippen molar-refractivity contribution in [3.05, 3.63) is 0 Å². The number of hydrogen-bond acceptors (Lipinski definition) is 1. The molecule has 0 aromatic carbocycles. The molecule has 0 spiro atoms. The van der Waals surface area contributed by atoms with Gasteiger partial charge in [0.2, 0.25) is 0 Å². The molecule has 0 bridgehead atoms. The van der Waals surface area contributed by atoms with E-state index >= 15 is 0 Å². The second kappa shape index (κ2) is 5.35. The molecule has 2 N–H and O–H groups in total. The lowest BCUT2D eigenvalue weighted by atomic mass is 10.0. The minimum Gasteiger partial charge on any atom is -0.324 e. The number of hydrogen-bond donors (Lipinski definition) is 2. The lowest BCUT2D eigenvalue weighted by Gasteiger charge is -2.15. The molecule has 0 fully saturated rings. The molecule has 11 heavy (non-hydrogen) atoms. The molecule has 0 aromatic rings. The normalized spacial score (nSPS) is 14.4. The van der Waals surface area contributed by atoms with E-state index in [1.807, 2.05) is 20.8 Å². The van der Waals surface area contributed by atoms with Gasteiger partial charge in [-0.25, -0.2) is 0 Å². The van der Waals surface area contributed by atoms with Crippen molar-refractivity contribution >= 4 is 25.0 Å². The van der Waals surface area contributed by atoms with E-state index in [0.29, 0.717) is 5.92 Å². The first-order valence-electron chi connectivity index (χ1n) is 3.37. The second-order valence-corrected chi connectivity index (χ2v) is 4.76. The Morgan fingerprint density at radius 2 is 1.64 bits per heavy atom. The van der Waals surface area contributed by atoms with Crippen LogP contribution in [-0.4, -0.2) is 33.3 Å². The van der Waals surface area contributed by atoms with Crippen LogP contribution in [-0.2, 0) is 4.57 Å². The van der Waals surface area contributed by atoms with Crippen LogP contribution in [0, 0.1) is 11.8 Å². The maximum absolute atomic E-state index is 10.4. The highest BCUT2D eigenvalue weighted by molar-refractivity contribution is 7.51. The lowest BCUT2D eigenvalue weighted by Crippen LogP contribution is -2.09. The highest BCUT2D eigenvalue weighted by Crippen LogP contribution is 2.38. The van der Waals surface area contributed by atoms with Crippen LogP contribution in [0.3, 0.4) is 0 Å². The van der Waals surface area contributed by atoms with Crippen molar-refractivity contribution in [2.45, 2.75) is 20.8 Å². The van der Waals surface area contributed by atoms with Crippen molar-refractivity contribution < 1.29 is 14.4 Å². The minimum absolute atomic E-state index is 0. The summed E-state index contributed by atoms with van der Waals surface area (Å²) in [6, 6.07) is 0. The van der Waals surface area contributed by atoms with Crippen molar-refractivity contribution in [1.82, 2.24) is 0 Å². The predicted octanol–water partition coefficient (Wildman–Crippen LogP) is 0.272. The molecule has 0 saturated heterocycles. The molecule has 0 aliphatic carbocycles. The minimum atomic E-state index is -3.78. The van der Waals surface area contributed by atoms with Crippen LogP contribution in [0.15, 0.2) is 0 Å². The fourth-order valence-electron chi connectivity index (χ4n) is 0.586. The second-order valence-electron chi connectivity index (χ2n) is 3.07. The molecule has 0 aromatic heterocycles. The maximum atomic E-state index is 10.4. The third-order valence-electron chi connectivity index (χ3n) is 1.66. The quantitative estimate of drug-likeness (QED) is 0.503. The fraction of sp³-hybridized carbons (Fsp3) is 1.00. The Bertz CT molecular complexity index is 143. The molecule has 1 atom stereocenters. The van der Waals surface area contributed by atoms with E-state index in [-0.39, 0.29) is 29.4 Å². The third kappa shape index (κ3) is 8.59. The summed E-state index contributed by atoms with van der Waals surface area (Å²) in [6.45, 7) is 5.77. The summed E-state index contributed by atoms with van der Waals surface area (Å²) in [6.07, 6.45) is 0.00463. The monoisotopic (exact) mass is 196 g/mol. The summed E-state index contributed by atoms with van der Waals surface area (Å²) in [5, 5.41) is 0. The van der Waals surface area contributed by atoms with Gasteiger partial charge >= 0.3 is 7.60 Å². The van der Waals surface area contributed by atoms with Gasteiger partial charge in [-0.05, 0) is 11.8 Å². The van der Waals surface area contributed by atoms with Gasteiger partial charge in [-0.3, -0.25) is 4.57 Å². The molecule has 3 nitrogen and oxygen atoms in total. The summed E-state index contributed by atoms with van der Waals surface area (Å²) in [4.78, 5) is 17.1. The van der Waals surface area contributed by atoms with Gasteiger partial charge < -0.3 is 9.79 Å². The molecule has 0 amide bonds. The third-order valence-corrected chi connectivity index (χ3v) is 2.72. The van der Waals surface area contributed by atoms with Crippen LogP contribution < -0.4 is 0 Å². The van der Waals surface area contributed by atoms with Crippen LogP contribution in [0.2, 0.25) is 0 Å². The summed E-state index contributed by atoms with van der Waals surface area (Å²) in [5.41, 5.74) is 0. The molecule has 0 saturated carbocycles. The van der Waals surface area contributed by atoms with Crippen LogP contribution >= 0.6 is 7.60 Å². The largest absolute Gasteiger partial charge is 0.325 e. The first-order valence-corrected chi connectivity index (χ1v) is 5.17. The zero-order valence-electron chi connectivity index (χ0n) is 6.61. The molecule has 0 rings (SSSR count). The van der Waals surface area contributed by atoms with Gasteiger partial charge in [0.05, 0.1) is 6.16 Å². The van der Waals surface area contributed by atoms with E-state index < -0.39 is 7.60 Å². The Hall–Kier alpha value is 0.682. The van der Waals surface area contributed by atoms with Crippen molar-refractivity contribution in [3.8, 4) is 0 Å². The van der Waals surface area contributed by atoms with Crippen LogP contribution in [0.5, 0.6) is 0 Å². The van der Waals surface area contributed by atoms with E-state index in [1.54, 1.807) is 0 Å². The summed E-state index contributed by atoms with van der Waals surface area (Å²) >= 11 is 0. The average Bonchev–Trinajstić information content (AvgIpc) is 1.60. The van der Waals surface area contributed by atoms with E-state index in [4.69, 9.17) is 9.79 Å². The molecule has 0 heterocycles. The van der Waals surface area contributed by atoms with Gasteiger partial charge in [0.25, 0.3) is 0 Å². The van der Waals surface area contributed by atoms with Crippen LogP contribution in [0.1, 0.15) is 20.8 Å². The Kier molecular flexibility index (Phi) is 6.92. The van der Waals surface area contributed by atoms with Gasteiger partial charge in [0.1, 0.15) is 0 Å². The fourth-order valence-corrected chi connectivity index (χ4v) is 1.76. The SMILES string of the molecule is CC(C)C(C)CP(=O)(O)O.[AlH3]. The Labute approximate surface area is 78.5 Å². The van der Waals surface area contributed by atoms with Gasteiger partial charge in [-0.2, -0.15) is 0 Å². The van der Waals surface area contributed by atoms with Crippen LogP contribution in [0.25, 0.3) is 0 Å². The highest BCUT2D eigenvalue weighted by Gasteiger charge is 2.19. The van der Waals surface area contributed by atoms with Crippen molar-refractivity contribution in [1.29, 1.82) is 0 Å². The van der Waals surface area contributed by atoms with E-state index in [1.165, 1.54) is 0 Å². The van der Waals surface area contributed by atoms with Gasteiger partial charge in [0.15, 0.2) is 17.4 Å². The van der Waals surface area contributed by atoms with E-state index in [0.717, 1.165) is 0 Å². The topological polar surface area (TPSA) is 57.5 Å². The van der Waals surface area contributed by atoms with Gasteiger partial charge in [-0.15, -0.1) is 0 Å². The molecule has 68 valence electrons. The first kappa shape index (κ1) is 14.2. The predicted molar refractivity (Wildman–Crippen MR) is 50.9 cm³/mol. The van der Waals surface area contributed by atoms with Gasteiger partial charge in [-0.1, -0.05) is 20.8 Å². The van der Waals surface area contributed by atoms with Crippen LogP contribution in [0.4, 0.5) is 0 Å². The Morgan fingerprint density at radius 3 is 1.73 bits per heavy atom. The van der Waals surface area contributed by atoms with Crippen molar-refractivity contribution in [2.24, 2.45) is 11.8 Å². The molecule has 0 aliphatic heterocycles. The van der Waals surface area contributed by atoms with E-state index in [9.17, 15) is 4.57 Å². The molecular formula is C6H18AlO3P.